The van der Waals surface area contributed by atoms with Gasteiger partial charge in [0, 0.05) is 18.7 Å². The number of carbonyl (C=O) groups is 1. The van der Waals surface area contributed by atoms with Gasteiger partial charge in [-0.25, -0.2) is 0 Å². The van der Waals surface area contributed by atoms with E-state index in [0.29, 0.717) is 34.6 Å². The molecule has 2 aliphatic heterocycles. The second-order valence-electron chi connectivity index (χ2n) is 11.4. The first-order valence-corrected chi connectivity index (χ1v) is 13.3. The normalized spacial score (nSPS) is 23.3. The Morgan fingerprint density at radius 1 is 1.05 bits per heavy atom. The number of β-lactam (4-membered cyclic amide) rings is 1. The molecule has 40 heavy (non-hydrogen) atoms. The minimum Gasteiger partial charge on any atom is -0.623 e. The Morgan fingerprint density at radius 2 is 1.70 bits per heavy atom. The lowest BCUT2D eigenvalue weighted by Gasteiger charge is -2.53. The van der Waals surface area contributed by atoms with Crippen molar-refractivity contribution in [2.75, 3.05) is 38.1 Å². The molecule has 0 aliphatic carbocycles. The van der Waals surface area contributed by atoms with Gasteiger partial charge in [0.25, 0.3) is 0 Å². The summed E-state index contributed by atoms with van der Waals surface area (Å²) in [7, 11) is 1.93. The van der Waals surface area contributed by atoms with Crippen molar-refractivity contribution >= 4 is 17.4 Å². The highest BCUT2D eigenvalue weighted by molar-refractivity contribution is 6.11. The Labute approximate surface area is 231 Å². The number of rotatable bonds is 4. The fourth-order valence-electron chi connectivity index (χ4n) is 5.94. The number of quaternary nitrogens is 1. The Balaban J connectivity index is 1.62. The van der Waals surface area contributed by atoms with Crippen LogP contribution in [0, 0.1) is 24.3 Å². The topological polar surface area (TPSA) is 73.5 Å². The molecular weight excluding hydrogens is 521 g/mol. The van der Waals surface area contributed by atoms with Crippen molar-refractivity contribution < 1.29 is 22.7 Å². The predicted molar refractivity (Wildman–Crippen MR) is 148 cm³/mol. The third kappa shape index (κ3) is 4.44. The number of alkyl halides is 3. The highest BCUT2D eigenvalue weighted by Gasteiger charge is 2.58. The lowest BCUT2D eigenvalue weighted by atomic mass is 9.67. The first-order chi connectivity index (χ1) is 18.7. The van der Waals surface area contributed by atoms with Crippen molar-refractivity contribution in [1.29, 1.82) is 0 Å². The number of nitrogens with zero attached hydrogens (tertiary/aromatic N) is 4. The van der Waals surface area contributed by atoms with E-state index in [0.717, 1.165) is 23.3 Å². The molecule has 0 N–H and O–H groups in total. The summed E-state index contributed by atoms with van der Waals surface area (Å²) >= 11 is 0. The molecular formula is C30H33F3N4O3. The number of hydrogen-bond acceptors (Lipinski definition) is 4. The molecule has 1 aromatic heterocycles. The number of aromatic nitrogens is 1. The molecule has 3 heterocycles. The van der Waals surface area contributed by atoms with Gasteiger partial charge in [-0.15, -0.1) is 4.73 Å². The second kappa shape index (κ2) is 9.57. The molecule has 3 aromatic rings. The lowest BCUT2D eigenvalue weighted by Crippen LogP contribution is -2.70. The van der Waals surface area contributed by atoms with Gasteiger partial charge < -0.3 is 15.3 Å². The Morgan fingerprint density at radius 3 is 2.30 bits per heavy atom. The van der Waals surface area contributed by atoms with Crippen molar-refractivity contribution in [2.24, 2.45) is 0 Å². The molecule has 0 saturated carbocycles. The molecule has 2 unspecified atom stereocenters. The van der Waals surface area contributed by atoms with Crippen molar-refractivity contribution in [3.05, 3.63) is 87.4 Å². The van der Waals surface area contributed by atoms with Crippen LogP contribution in [0.1, 0.15) is 36.1 Å². The summed E-state index contributed by atoms with van der Waals surface area (Å²) in [6, 6.07) is 12.2. The van der Waals surface area contributed by atoms with Crippen LogP contribution < -0.4 is 14.3 Å². The summed E-state index contributed by atoms with van der Waals surface area (Å²) in [6.07, 6.45) is -3.27. The number of aryl methyl sites for hydroxylation is 2. The molecule has 212 valence electrons. The average molecular weight is 555 g/mol. The summed E-state index contributed by atoms with van der Waals surface area (Å²) in [5.41, 5.74) is 1.20. The molecule has 2 saturated heterocycles. The molecule has 0 radical (unpaired) electrons. The van der Waals surface area contributed by atoms with Gasteiger partial charge in [-0.1, -0.05) is 35.9 Å². The zero-order valence-electron chi connectivity index (χ0n) is 23.2. The Hall–Kier alpha value is -3.47. The molecule has 2 aliphatic rings. The van der Waals surface area contributed by atoms with E-state index >= 15 is 0 Å². The number of hydroxylamine groups is 2. The number of amides is 1. The van der Waals surface area contributed by atoms with Crippen molar-refractivity contribution in [1.82, 2.24) is 9.55 Å². The molecule has 7 nitrogen and oxygen atoms in total. The molecule has 2 fully saturated rings. The van der Waals surface area contributed by atoms with Gasteiger partial charge in [0.1, 0.15) is 18.8 Å². The van der Waals surface area contributed by atoms with E-state index in [1.807, 2.05) is 43.1 Å². The maximum absolute atomic E-state index is 13.9. The van der Waals surface area contributed by atoms with Crippen LogP contribution >= 0.6 is 0 Å². The number of benzene rings is 2. The van der Waals surface area contributed by atoms with Gasteiger partial charge in [0.2, 0.25) is 12.1 Å². The minimum atomic E-state index is -4.55. The van der Waals surface area contributed by atoms with Crippen LogP contribution in [0.3, 0.4) is 0 Å². The molecule has 1 amide bonds. The van der Waals surface area contributed by atoms with Crippen molar-refractivity contribution in [3.8, 4) is 11.1 Å². The monoisotopic (exact) mass is 554 g/mol. The van der Waals surface area contributed by atoms with E-state index in [1.165, 1.54) is 11.1 Å². The smallest absolute Gasteiger partial charge is 0.416 e. The number of likely N-dealkylation sites (N-methyl/N-ethyl adjacent to an activating group) is 1. The van der Waals surface area contributed by atoms with Crippen LogP contribution in [0.4, 0.5) is 24.7 Å². The lowest BCUT2D eigenvalue weighted by molar-refractivity contribution is -0.598. The maximum atomic E-state index is 13.9. The van der Waals surface area contributed by atoms with E-state index in [2.05, 4.69) is 0 Å². The Kier molecular flexibility index (Phi) is 6.72. The Bertz CT molecular complexity index is 1480. The van der Waals surface area contributed by atoms with E-state index < -0.39 is 33.8 Å². The summed E-state index contributed by atoms with van der Waals surface area (Å²) in [4.78, 5) is 17.4. The van der Waals surface area contributed by atoms with Gasteiger partial charge in [0.05, 0.1) is 23.1 Å². The molecule has 2 aromatic carbocycles. The van der Waals surface area contributed by atoms with Crippen molar-refractivity contribution in [3.63, 3.8) is 0 Å². The van der Waals surface area contributed by atoms with E-state index in [9.17, 15) is 28.4 Å². The van der Waals surface area contributed by atoms with Crippen LogP contribution in [0.5, 0.6) is 0 Å². The number of carbonyl (C=O) groups excluding carboxylic acids is 1. The quantitative estimate of drug-likeness (QED) is 0.196. The second-order valence-corrected chi connectivity index (χ2v) is 11.4. The van der Waals surface area contributed by atoms with Gasteiger partial charge >= 0.3 is 12.0 Å². The zero-order valence-corrected chi connectivity index (χ0v) is 23.2. The maximum Gasteiger partial charge on any atom is 0.416 e. The summed E-state index contributed by atoms with van der Waals surface area (Å²) in [5, 5.41) is 27.2. The number of piperazine rings is 1. The SMILES string of the molecule is Cc1cc(C(F)(F)F)cc(C2(C)C(=O)N(c3c[n+]([O-])c([N+]4([O-])CCN(C)CC4)cc3-c3ccccc3C)C2C)c1. The van der Waals surface area contributed by atoms with Crippen LogP contribution in [0.15, 0.2) is 54.7 Å². The largest absolute Gasteiger partial charge is 0.623 e. The fraction of sp³-hybridized carbons (Fsp3) is 0.400. The highest BCUT2D eigenvalue weighted by Crippen LogP contribution is 2.48. The van der Waals surface area contributed by atoms with E-state index in [1.54, 1.807) is 32.9 Å². The number of anilines is 1. The standard InChI is InChI=1S/C30H33F3N4O3/c1-19-14-22(16-23(15-19)30(31,32)33)29(4)21(3)36(28(29)38)26-18-35(39)27(37(40)12-10-34(5)11-13-37)17-25(26)24-9-7-6-8-20(24)2/h6-9,14-18,21H,10-13H2,1-5H3. The van der Waals surface area contributed by atoms with Gasteiger partial charge in [-0.05, 0) is 63.6 Å². The molecule has 5 rings (SSSR count). The number of hydrogen-bond donors (Lipinski definition) is 0. The number of halogens is 3. The summed E-state index contributed by atoms with van der Waals surface area (Å²) in [6.45, 7) is 8.41. The van der Waals surface area contributed by atoms with E-state index in [4.69, 9.17) is 0 Å². The van der Waals surface area contributed by atoms with Crippen LogP contribution in [0.25, 0.3) is 11.1 Å². The first kappa shape index (κ1) is 28.1. The third-order valence-electron chi connectivity index (χ3n) is 8.70. The minimum absolute atomic E-state index is 0.0481. The fourth-order valence-corrected chi connectivity index (χ4v) is 5.94. The third-order valence-corrected chi connectivity index (χ3v) is 8.70. The molecule has 10 heteroatoms. The number of pyridine rings is 1. The van der Waals surface area contributed by atoms with Crippen LogP contribution in [0.2, 0.25) is 0 Å². The summed E-state index contributed by atoms with van der Waals surface area (Å²) in [5.74, 6) is -0.362. The molecule has 0 bridgehead atoms. The predicted octanol–water partition coefficient (Wildman–Crippen LogP) is 5.07. The summed E-state index contributed by atoms with van der Waals surface area (Å²) < 4.78 is 40.6. The molecule has 2 atom stereocenters. The first-order valence-electron chi connectivity index (χ1n) is 13.3. The van der Waals surface area contributed by atoms with Gasteiger partial charge in [-0.3, -0.25) is 14.3 Å². The van der Waals surface area contributed by atoms with Gasteiger partial charge in [-0.2, -0.15) is 13.2 Å². The van der Waals surface area contributed by atoms with Crippen molar-refractivity contribution in [2.45, 2.75) is 45.3 Å². The highest BCUT2D eigenvalue weighted by atomic mass is 19.4. The van der Waals surface area contributed by atoms with E-state index in [-0.39, 0.29) is 24.5 Å². The zero-order chi connectivity index (χ0) is 29.2. The van der Waals surface area contributed by atoms with Crippen LogP contribution in [-0.2, 0) is 16.4 Å². The van der Waals surface area contributed by atoms with Gasteiger partial charge in [0.15, 0.2) is 0 Å². The molecule has 0 spiro atoms. The van der Waals surface area contributed by atoms with Crippen LogP contribution in [-0.4, -0.2) is 50.1 Å². The average Bonchev–Trinajstić information content (AvgIpc) is 2.90.